The van der Waals surface area contributed by atoms with Gasteiger partial charge < -0.3 is 25.0 Å². The molecule has 1 aromatic heterocycles. The Morgan fingerprint density at radius 2 is 2.38 bits per heavy atom. The van der Waals surface area contributed by atoms with E-state index in [1.807, 2.05) is 0 Å². The Kier molecular flexibility index (Phi) is 6.29. The zero-order valence-electron chi connectivity index (χ0n) is 14.3. The van der Waals surface area contributed by atoms with Crippen LogP contribution in [0.4, 0.5) is 5.82 Å². The number of anilines is 1. The molecule has 3 N–H and O–H groups in total. The molecule has 0 spiro atoms. The first-order valence-electron chi connectivity index (χ1n) is 7.75. The van der Waals surface area contributed by atoms with Crippen LogP contribution in [0.25, 0.3) is 10.4 Å². The third-order valence-electron chi connectivity index (χ3n) is 4.13. The summed E-state index contributed by atoms with van der Waals surface area (Å²) in [7, 11) is 1.33. The van der Waals surface area contributed by atoms with Crippen LogP contribution in [0.3, 0.4) is 0 Å². The first kappa shape index (κ1) is 19.8. The number of aromatic nitrogens is 2. The zero-order valence-corrected chi connectivity index (χ0v) is 14.3. The fourth-order valence-electron chi connectivity index (χ4n) is 2.85. The largest absolute Gasteiger partial charge is 0.393 e. The Bertz CT molecular complexity index is 763. The van der Waals surface area contributed by atoms with Crippen molar-refractivity contribution in [2.75, 3.05) is 25.6 Å². The number of hydrogen-bond donors (Lipinski definition) is 3. The smallest absolute Gasteiger partial charge is 0.351 e. The van der Waals surface area contributed by atoms with Crippen molar-refractivity contribution in [1.82, 2.24) is 9.55 Å². The van der Waals surface area contributed by atoms with E-state index in [2.05, 4.69) is 20.3 Å². The number of nitrogens with zero attached hydrogens (tertiary/aromatic N) is 5. The minimum absolute atomic E-state index is 0.0219. The van der Waals surface area contributed by atoms with Gasteiger partial charge in [-0.1, -0.05) is 5.11 Å². The number of ether oxygens (including phenoxy) is 2. The summed E-state index contributed by atoms with van der Waals surface area (Å²) in [5.74, 6) is -0.308. The molecule has 2 rings (SSSR count). The lowest BCUT2D eigenvalue weighted by Gasteiger charge is -2.29. The zero-order chi connectivity index (χ0) is 19.3. The van der Waals surface area contributed by atoms with Crippen molar-refractivity contribution in [3.8, 4) is 0 Å². The second kappa shape index (κ2) is 8.25. The van der Waals surface area contributed by atoms with Gasteiger partial charge in [0, 0.05) is 31.7 Å². The van der Waals surface area contributed by atoms with Crippen LogP contribution >= 0.6 is 0 Å². The second-order valence-corrected chi connectivity index (χ2v) is 5.76. The van der Waals surface area contributed by atoms with Gasteiger partial charge in [0.15, 0.2) is 6.23 Å². The molecule has 1 aromatic rings. The number of rotatable bonds is 7. The summed E-state index contributed by atoms with van der Waals surface area (Å²) in [6.07, 6.45) is -1.96. The Morgan fingerprint density at radius 1 is 1.65 bits per heavy atom. The lowest BCUT2D eigenvalue weighted by molar-refractivity contribution is -0.132. The maximum Gasteiger partial charge on any atom is 0.351 e. The van der Waals surface area contributed by atoms with Crippen molar-refractivity contribution >= 4 is 11.7 Å². The maximum absolute atomic E-state index is 12.3. The molecule has 1 saturated heterocycles. The van der Waals surface area contributed by atoms with Gasteiger partial charge in [-0.05, 0) is 18.0 Å². The number of aliphatic hydroxyl groups is 2. The fraction of sp³-hybridized carbons (Fsp3) is 0.643. The van der Waals surface area contributed by atoms with E-state index >= 15 is 0 Å². The van der Waals surface area contributed by atoms with Gasteiger partial charge in [-0.15, -0.1) is 0 Å². The normalized spacial score (nSPS) is 27.8. The molecule has 1 fully saturated rings. The molecular weight excluding hydrogens is 348 g/mol. The van der Waals surface area contributed by atoms with Crippen molar-refractivity contribution in [2.45, 2.75) is 37.4 Å². The summed E-state index contributed by atoms with van der Waals surface area (Å²) in [4.78, 5) is 29.7. The molecular formula is C14H20N6O6. The van der Waals surface area contributed by atoms with Crippen LogP contribution in [0, 0.1) is 0 Å². The standard InChI is InChI=1S/C14H20N6O6/c1-8(22)17-9-3-6-20(13(24)18-9)12-10(25-2)11(23)14(7-21,26-12)4-5-16-19-15/h3,6,10-12,21,23H,4-5,7H2,1-2H3,(H,17,18,22,24)/t10?,11-,12-,14-/m1/s1. The second-order valence-electron chi connectivity index (χ2n) is 5.76. The molecule has 4 atom stereocenters. The van der Waals surface area contributed by atoms with E-state index < -0.39 is 36.3 Å². The summed E-state index contributed by atoms with van der Waals surface area (Å²) in [6.45, 7) is 0.688. The van der Waals surface area contributed by atoms with E-state index in [1.165, 1.54) is 26.3 Å². The van der Waals surface area contributed by atoms with Gasteiger partial charge >= 0.3 is 5.69 Å². The summed E-state index contributed by atoms with van der Waals surface area (Å²) in [6, 6.07) is 1.39. The first-order valence-corrected chi connectivity index (χ1v) is 7.75. The highest BCUT2D eigenvalue weighted by Crippen LogP contribution is 2.40. The van der Waals surface area contributed by atoms with E-state index in [0.29, 0.717) is 0 Å². The van der Waals surface area contributed by atoms with E-state index in [1.54, 1.807) is 0 Å². The molecule has 1 aliphatic heterocycles. The van der Waals surface area contributed by atoms with Gasteiger partial charge in [-0.25, -0.2) is 4.79 Å². The molecule has 0 aliphatic carbocycles. The van der Waals surface area contributed by atoms with Crippen molar-refractivity contribution in [3.05, 3.63) is 33.2 Å². The number of azide groups is 1. The Balaban J connectivity index is 2.34. The number of hydrogen-bond acceptors (Lipinski definition) is 8. The van der Waals surface area contributed by atoms with Crippen LogP contribution in [0.15, 0.2) is 22.2 Å². The van der Waals surface area contributed by atoms with Gasteiger partial charge in [0.25, 0.3) is 0 Å². The monoisotopic (exact) mass is 368 g/mol. The third-order valence-corrected chi connectivity index (χ3v) is 4.13. The lowest BCUT2D eigenvalue weighted by atomic mass is 9.92. The number of nitrogens with one attached hydrogen (secondary N) is 1. The molecule has 2 heterocycles. The molecule has 0 aromatic carbocycles. The molecule has 0 radical (unpaired) electrons. The van der Waals surface area contributed by atoms with Crippen LogP contribution < -0.4 is 11.0 Å². The highest BCUT2D eigenvalue weighted by Gasteiger charge is 2.55. The number of carbonyl (C=O) groups excluding carboxylic acids is 1. The van der Waals surface area contributed by atoms with Crippen LogP contribution in [0.2, 0.25) is 0 Å². The summed E-state index contributed by atoms with van der Waals surface area (Å²) in [5.41, 5.74) is 6.20. The molecule has 142 valence electrons. The van der Waals surface area contributed by atoms with E-state index in [0.717, 1.165) is 4.57 Å². The Hall–Kier alpha value is -2.50. The van der Waals surface area contributed by atoms with Crippen LogP contribution in [-0.2, 0) is 14.3 Å². The topological polar surface area (TPSA) is 172 Å². The quantitative estimate of drug-likeness (QED) is 0.332. The molecule has 26 heavy (non-hydrogen) atoms. The van der Waals surface area contributed by atoms with Crippen molar-refractivity contribution in [1.29, 1.82) is 0 Å². The lowest BCUT2D eigenvalue weighted by Crippen LogP contribution is -2.47. The average Bonchev–Trinajstić information content (AvgIpc) is 2.87. The highest BCUT2D eigenvalue weighted by molar-refractivity contribution is 5.87. The van der Waals surface area contributed by atoms with Gasteiger partial charge in [-0.2, -0.15) is 4.98 Å². The van der Waals surface area contributed by atoms with Crippen molar-refractivity contribution < 1.29 is 24.5 Å². The van der Waals surface area contributed by atoms with Gasteiger partial charge in [0.05, 0.1) is 6.61 Å². The predicted molar refractivity (Wildman–Crippen MR) is 88.2 cm³/mol. The molecule has 1 unspecified atom stereocenters. The molecule has 0 bridgehead atoms. The van der Waals surface area contributed by atoms with Crippen LogP contribution in [0.5, 0.6) is 0 Å². The number of carbonyl (C=O) groups is 1. The number of amides is 1. The third kappa shape index (κ3) is 3.84. The number of aliphatic hydroxyl groups excluding tert-OH is 2. The fourth-order valence-corrected chi connectivity index (χ4v) is 2.85. The molecule has 1 amide bonds. The first-order chi connectivity index (χ1) is 12.4. The van der Waals surface area contributed by atoms with Crippen molar-refractivity contribution in [2.24, 2.45) is 5.11 Å². The van der Waals surface area contributed by atoms with Gasteiger partial charge in [0.2, 0.25) is 5.91 Å². The molecule has 12 heteroatoms. The Labute approximate surface area is 148 Å². The van der Waals surface area contributed by atoms with Gasteiger partial charge in [-0.3, -0.25) is 9.36 Å². The highest BCUT2D eigenvalue weighted by atomic mass is 16.6. The average molecular weight is 368 g/mol. The molecule has 1 aliphatic rings. The summed E-state index contributed by atoms with van der Waals surface area (Å²) in [5, 5.41) is 26.1. The number of methoxy groups -OCH3 is 1. The van der Waals surface area contributed by atoms with Crippen molar-refractivity contribution in [3.63, 3.8) is 0 Å². The van der Waals surface area contributed by atoms with E-state index in [9.17, 15) is 19.8 Å². The van der Waals surface area contributed by atoms with Gasteiger partial charge in [0.1, 0.15) is 23.6 Å². The Morgan fingerprint density at radius 3 is 2.92 bits per heavy atom. The molecule has 0 saturated carbocycles. The minimum Gasteiger partial charge on any atom is -0.393 e. The predicted octanol–water partition coefficient (Wildman–Crippen LogP) is -0.462. The van der Waals surface area contributed by atoms with E-state index in [-0.39, 0.29) is 24.7 Å². The van der Waals surface area contributed by atoms with E-state index in [4.69, 9.17) is 15.0 Å². The summed E-state index contributed by atoms with van der Waals surface area (Å²) >= 11 is 0. The van der Waals surface area contributed by atoms with Crippen LogP contribution in [0.1, 0.15) is 19.6 Å². The minimum atomic E-state index is -1.46. The van der Waals surface area contributed by atoms with Crippen LogP contribution in [-0.4, -0.2) is 63.7 Å². The summed E-state index contributed by atoms with van der Waals surface area (Å²) < 4.78 is 12.1. The maximum atomic E-state index is 12.3. The SMILES string of the molecule is COC1[C@H](n2ccc(NC(C)=O)nc2=O)O[C@@](CO)(CCN=[N+]=[N-])[C@@H]1O. The molecule has 12 nitrogen and oxygen atoms in total.